The first-order valence-electron chi connectivity index (χ1n) is 3.83. The molecule has 1 nitrogen and oxygen atoms in total. The van der Waals surface area contributed by atoms with Crippen molar-refractivity contribution in [2.24, 2.45) is 0 Å². The van der Waals surface area contributed by atoms with E-state index in [-0.39, 0.29) is 0 Å². The third-order valence-corrected chi connectivity index (χ3v) is 1.68. The standard InChI is InChI=1S/C10H15NS/c1-5-6-10(11-4)7-8(2)9(3)12/h5-7,11H,2H2,1,3-4H3/b6-5-,10-7-. The van der Waals surface area contributed by atoms with E-state index in [2.05, 4.69) is 11.9 Å². The molecule has 2 heteroatoms. The van der Waals surface area contributed by atoms with E-state index in [1.54, 1.807) is 0 Å². The highest BCUT2D eigenvalue weighted by Crippen LogP contribution is 2.01. The molecule has 0 aliphatic carbocycles. The van der Waals surface area contributed by atoms with Gasteiger partial charge in [0.2, 0.25) is 0 Å². The SMILES string of the molecule is C=C(/C=C(/C=C\C)NC)C(C)=S. The van der Waals surface area contributed by atoms with Gasteiger partial charge in [0.1, 0.15) is 0 Å². The molecule has 0 spiro atoms. The largest absolute Gasteiger partial charge is 0.388 e. The van der Waals surface area contributed by atoms with Crippen LogP contribution in [0.5, 0.6) is 0 Å². The second kappa shape index (κ2) is 5.72. The molecule has 0 radical (unpaired) electrons. The normalized spacial score (nSPS) is 11.8. The van der Waals surface area contributed by atoms with Crippen molar-refractivity contribution in [2.75, 3.05) is 7.05 Å². The van der Waals surface area contributed by atoms with Crippen LogP contribution in [-0.2, 0) is 0 Å². The van der Waals surface area contributed by atoms with Crippen molar-refractivity contribution in [3.05, 3.63) is 36.1 Å². The molecule has 0 atom stereocenters. The van der Waals surface area contributed by atoms with Crippen LogP contribution in [0.2, 0.25) is 0 Å². The Labute approximate surface area is 79.9 Å². The van der Waals surface area contributed by atoms with Gasteiger partial charge in [-0.25, -0.2) is 0 Å². The summed E-state index contributed by atoms with van der Waals surface area (Å²) in [5, 5.41) is 3.04. The summed E-state index contributed by atoms with van der Waals surface area (Å²) in [5.41, 5.74) is 1.90. The molecule has 0 aromatic rings. The zero-order chi connectivity index (χ0) is 9.56. The fraction of sp³-hybridized carbons (Fsp3) is 0.300. The number of hydrogen-bond donors (Lipinski definition) is 1. The summed E-state index contributed by atoms with van der Waals surface area (Å²) in [7, 11) is 1.87. The average molecular weight is 181 g/mol. The first-order valence-corrected chi connectivity index (χ1v) is 4.24. The minimum atomic E-state index is 0.826. The summed E-state index contributed by atoms with van der Waals surface area (Å²) in [6.07, 6.45) is 5.88. The molecular formula is C10H15NS. The minimum Gasteiger partial charge on any atom is -0.388 e. The van der Waals surface area contributed by atoms with Crippen molar-refractivity contribution >= 4 is 17.1 Å². The fourth-order valence-electron chi connectivity index (χ4n) is 0.673. The molecular weight excluding hydrogens is 166 g/mol. The van der Waals surface area contributed by atoms with Crippen LogP contribution in [0.4, 0.5) is 0 Å². The molecule has 0 heterocycles. The third-order valence-electron chi connectivity index (χ3n) is 1.42. The van der Waals surface area contributed by atoms with Crippen molar-refractivity contribution in [1.29, 1.82) is 0 Å². The van der Waals surface area contributed by atoms with E-state index in [0.29, 0.717) is 0 Å². The number of allylic oxidation sites excluding steroid dienone is 4. The van der Waals surface area contributed by atoms with Gasteiger partial charge < -0.3 is 5.32 Å². The molecule has 0 aliphatic heterocycles. The molecule has 0 aromatic carbocycles. The van der Waals surface area contributed by atoms with Gasteiger partial charge in [-0.05, 0) is 31.6 Å². The summed E-state index contributed by atoms with van der Waals surface area (Å²) in [6, 6.07) is 0. The molecule has 0 bridgehead atoms. The van der Waals surface area contributed by atoms with Gasteiger partial charge in [0.15, 0.2) is 0 Å². The molecule has 12 heavy (non-hydrogen) atoms. The van der Waals surface area contributed by atoms with Gasteiger partial charge in [-0.3, -0.25) is 0 Å². The molecule has 0 fully saturated rings. The van der Waals surface area contributed by atoms with E-state index >= 15 is 0 Å². The van der Waals surface area contributed by atoms with Crippen molar-refractivity contribution in [3.63, 3.8) is 0 Å². The number of rotatable bonds is 4. The van der Waals surface area contributed by atoms with Crippen molar-refractivity contribution in [1.82, 2.24) is 5.32 Å². The number of hydrogen-bond acceptors (Lipinski definition) is 2. The molecule has 0 rings (SSSR count). The molecule has 0 unspecified atom stereocenters. The van der Waals surface area contributed by atoms with Crippen LogP contribution in [0, 0.1) is 0 Å². The average Bonchev–Trinajstić information content (AvgIpc) is 2.03. The van der Waals surface area contributed by atoms with Gasteiger partial charge in [-0.1, -0.05) is 24.9 Å². The van der Waals surface area contributed by atoms with Gasteiger partial charge in [-0.2, -0.15) is 0 Å². The Hall–Kier alpha value is -0.890. The number of thiocarbonyl (C=S) groups is 1. The molecule has 0 amide bonds. The minimum absolute atomic E-state index is 0.826. The van der Waals surface area contributed by atoms with Crippen LogP contribution in [0.15, 0.2) is 36.1 Å². The smallest absolute Gasteiger partial charge is 0.0340 e. The van der Waals surface area contributed by atoms with E-state index in [1.807, 2.05) is 39.1 Å². The Balaban J connectivity index is 4.48. The molecule has 0 saturated carbocycles. The van der Waals surface area contributed by atoms with Crippen molar-refractivity contribution < 1.29 is 0 Å². The highest BCUT2D eigenvalue weighted by Gasteiger charge is 1.92. The first kappa shape index (κ1) is 11.1. The summed E-state index contributed by atoms with van der Waals surface area (Å²) in [4.78, 5) is 0.826. The van der Waals surface area contributed by atoms with Crippen LogP contribution in [0.3, 0.4) is 0 Å². The third kappa shape index (κ3) is 4.09. The lowest BCUT2D eigenvalue weighted by Crippen LogP contribution is -2.04. The van der Waals surface area contributed by atoms with E-state index in [0.717, 1.165) is 16.1 Å². The van der Waals surface area contributed by atoms with Crippen molar-refractivity contribution in [3.8, 4) is 0 Å². The van der Waals surface area contributed by atoms with Crippen LogP contribution in [-0.4, -0.2) is 11.9 Å². The second-order valence-corrected chi connectivity index (χ2v) is 3.04. The van der Waals surface area contributed by atoms with Gasteiger partial charge >= 0.3 is 0 Å². The van der Waals surface area contributed by atoms with E-state index < -0.39 is 0 Å². The quantitative estimate of drug-likeness (QED) is 0.406. The summed E-state index contributed by atoms with van der Waals surface area (Å²) in [5.74, 6) is 0. The summed E-state index contributed by atoms with van der Waals surface area (Å²) < 4.78 is 0. The lowest BCUT2D eigenvalue weighted by Gasteiger charge is -2.01. The lowest BCUT2D eigenvalue weighted by atomic mass is 10.2. The van der Waals surface area contributed by atoms with E-state index in [1.165, 1.54) is 0 Å². The zero-order valence-corrected chi connectivity index (χ0v) is 8.66. The van der Waals surface area contributed by atoms with Gasteiger partial charge in [0.25, 0.3) is 0 Å². The molecule has 0 saturated heterocycles. The van der Waals surface area contributed by atoms with Crippen LogP contribution in [0.1, 0.15) is 13.8 Å². The molecule has 0 aromatic heterocycles. The Kier molecular flexibility index (Phi) is 5.30. The number of nitrogens with one attached hydrogen (secondary N) is 1. The Bertz CT molecular complexity index is 236. The molecule has 66 valence electrons. The van der Waals surface area contributed by atoms with E-state index in [4.69, 9.17) is 12.2 Å². The van der Waals surface area contributed by atoms with Gasteiger partial charge in [-0.15, -0.1) is 0 Å². The second-order valence-electron chi connectivity index (χ2n) is 2.43. The van der Waals surface area contributed by atoms with Crippen LogP contribution < -0.4 is 5.32 Å². The maximum absolute atomic E-state index is 4.97. The van der Waals surface area contributed by atoms with Gasteiger partial charge in [0.05, 0.1) is 0 Å². The summed E-state index contributed by atoms with van der Waals surface area (Å²) in [6.45, 7) is 7.68. The Morgan fingerprint density at radius 1 is 1.50 bits per heavy atom. The van der Waals surface area contributed by atoms with Crippen LogP contribution >= 0.6 is 12.2 Å². The van der Waals surface area contributed by atoms with Crippen LogP contribution in [0.25, 0.3) is 0 Å². The highest BCUT2D eigenvalue weighted by atomic mass is 32.1. The summed E-state index contributed by atoms with van der Waals surface area (Å²) >= 11 is 4.97. The predicted octanol–water partition coefficient (Wildman–Crippen LogP) is 2.61. The van der Waals surface area contributed by atoms with E-state index in [9.17, 15) is 0 Å². The maximum atomic E-state index is 4.97. The zero-order valence-electron chi connectivity index (χ0n) is 7.85. The molecule has 0 aliphatic rings. The topological polar surface area (TPSA) is 12.0 Å². The predicted molar refractivity (Wildman–Crippen MR) is 59.4 cm³/mol. The molecule has 1 N–H and O–H groups in total. The lowest BCUT2D eigenvalue weighted by molar-refractivity contribution is 1.03. The monoisotopic (exact) mass is 181 g/mol. The Morgan fingerprint density at radius 3 is 2.42 bits per heavy atom. The number of likely N-dealkylation sites (N-methyl/N-ethyl adjacent to an activating group) is 1. The highest BCUT2D eigenvalue weighted by molar-refractivity contribution is 7.80. The fourth-order valence-corrected chi connectivity index (χ4v) is 0.731. The first-order chi connectivity index (χ1) is 5.61. The maximum Gasteiger partial charge on any atom is 0.0340 e. The van der Waals surface area contributed by atoms with Gasteiger partial charge in [0, 0.05) is 17.6 Å². The Morgan fingerprint density at radius 2 is 2.08 bits per heavy atom. The van der Waals surface area contributed by atoms with Crippen molar-refractivity contribution in [2.45, 2.75) is 13.8 Å².